The molecule has 0 N–H and O–H groups in total. The van der Waals surface area contributed by atoms with Gasteiger partial charge in [-0.3, -0.25) is 13.9 Å². The SMILES string of the molecule is COC(=O)Cn1c(=O)n(CC=O)c2cc(C)cc(C)c21. The lowest BCUT2D eigenvalue weighted by atomic mass is 10.1. The van der Waals surface area contributed by atoms with Gasteiger partial charge in [0, 0.05) is 0 Å². The summed E-state index contributed by atoms with van der Waals surface area (Å²) in [5, 5.41) is 0. The van der Waals surface area contributed by atoms with Crippen molar-refractivity contribution >= 4 is 23.3 Å². The number of nitrogens with zero attached hydrogens (tertiary/aromatic N) is 2. The van der Waals surface area contributed by atoms with Gasteiger partial charge in [-0.15, -0.1) is 0 Å². The van der Waals surface area contributed by atoms with Gasteiger partial charge in [0.25, 0.3) is 0 Å². The number of aromatic nitrogens is 2. The minimum absolute atomic E-state index is 0.0353. The van der Waals surface area contributed by atoms with Crippen LogP contribution in [0, 0.1) is 13.8 Å². The van der Waals surface area contributed by atoms with Gasteiger partial charge in [-0.25, -0.2) is 4.79 Å². The number of benzene rings is 1. The van der Waals surface area contributed by atoms with E-state index in [4.69, 9.17) is 0 Å². The summed E-state index contributed by atoms with van der Waals surface area (Å²) in [4.78, 5) is 34.6. The maximum absolute atomic E-state index is 12.4. The first-order chi connectivity index (χ1) is 9.49. The Labute approximate surface area is 115 Å². The lowest BCUT2D eigenvalue weighted by Gasteiger charge is -2.05. The third kappa shape index (κ3) is 2.24. The molecule has 0 spiro atoms. The normalized spacial score (nSPS) is 10.8. The largest absolute Gasteiger partial charge is 0.468 e. The molecule has 1 aromatic carbocycles. The van der Waals surface area contributed by atoms with Crippen LogP contribution in [0.3, 0.4) is 0 Å². The number of methoxy groups -OCH3 is 1. The lowest BCUT2D eigenvalue weighted by molar-refractivity contribution is -0.141. The standard InChI is InChI=1S/C14H16N2O4/c1-9-6-10(2)13-11(7-9)15(4-5-17)14(19)16(13)8-12(18)20-3/h5-7H,4,8H2,1-3H3. The molecule has 0 saturated carbocycles. The van der Waals surface area contributed by atoms with Crippen LogP contribution in [0.1, 0.15) is 11.1 Å². The Hall–Kier alpha value is -2.37. The average molecular weight is 276 g/mol. The van der Waals surface area contributed by atoms with Gasteiger partial charge in [0.1, 0.15) is 12.8 Å². The van der Waals surface area contributed by atoms with Crippen molar-refractivity contribution in [3.8, 4) is 0 Å². The van der Waals surface area contributed by atoms with Crippen molar-refractivity contribution in [2.75, 3.05) is 7.11 Å². The molecule has 0 aliphatic carbocycles. The van der Waals surface area contributed by atoms with E-state index in [0.29, 0.717) is 17.3 Å². The van der Waals surface area contributed by atoms with Gasteiger partial charge in [-0.2, -0.15) is 0 Å². The van der Waals surface area contributed by atoms with Crippen molar-refractivity contribution in [3.63, 3.8) is 0 Å². The number of fused-ring (bicyclic) bond motifs is 1. The second-order valence-corrected chi connectivity index (χ2v) is 4.67. The smallest absolute Gasteiger partial charge is 0.330 e. The number of aryl methyl sites for hydroxylation is 2. The van der Waals surface area contributed by atoms with E-state index < -0.39 is 5.97 Å². The number of esters is 1. The number of carbonyl (C=O) groups excluding carboxylic acids is 2. The van der Waals surface area contributed by atoms with E-state index in [9.17, 15) is 14.4 Å². The molecule has 6 nitrogen and oxygen atoms in total. The quantitative estimate of drug-likeness (QED) is 0.611. The van der Waals surface area contributed by atoms with E-state index in [1.807, 2.05) is 26.0 Å². The molecule has 106 valence electrons. The molecule has 0 amide bonds. The predicted octanol–water partition coefficient (Wildman–Crippen LogP) is 0.792. The molecule has 1 heterocycles. The number of aldehydes is 1. The Bertz CT molecular complexity index is 740. The summed E-state index contributed by atoms with van der Waals surface area (Å²) >= 11 is 0. The molecular weight excluding hydrogens is 260 g/mol. The molecule has 0 fully saturated rings. The molecule has 0 atom stereocenters. The first-order valence-electron chi connectivity index (χ1n) is 6.20. The van der Waals surface area contributed by atoms with Crippen molar-refractivity contribution < 1.29 is 14.3 Å². The first-order valence-corrected chi connectivity index (χ1v) is 6.20. The van der Waals surface area contributed by atoms with E-state index in [1.165, 1.54) is 16.2 Å². The highest BCUT2D eigenvalue weighted by molar-refractivity contribution is 5.83. The van der Waals surface area contributed by atoms with Gasteiger partial charge in [0.15, 0.2) is 0 Å². The average Bonchev–Trinajstić information content (AvgIpc) is 2.64. The third-order valence-corrected chi connectivity index (χ3v) is 3.22. The van der Waals surface area contributed by atoms with Gasteiger partial charge in [-0.05, 0) is 31.0 Å². The molecule has 0 unspecified atom stereocenters. The summed E-state index contributed by atoms with van der Waals surface area (Å²) in [6.07, 6.45) is 0.668. The zero-order valence-electron chi connectivity index (χ0n) is 11.7. The fourth-order valence-electron chi connectivity index (χ4n) is 2.43. The number of hydrogen-bond acceptors (Lipinski definition) is 4. The highest BCUT2D eigenvalue weighted by Crippen LogP contribution is 2.20. The van der Waals surface area contributed by atoms with Crippen molar-refractivity contribution in [1.29, 1.82) is 0 Å². The topological polar surface area (TPSA) is 70.3 Å². The Morgan fingerprint density at radius 3 is 2.60 bits per heavy atom. The van der Waals surface area contributed by atoms with Gasteiger partial charge in [0.05, 0.1) is 24.7 Å². The molecule has 2 aromatic rings. The molecule has 6 heteroatoms. The van der Waals surface area contributed by atoms with Crippen LogP contribution < -0.4 is 5.69 Å². The van der Waals surface area contributed by atoms with Gasteiger partial charge in [0.2, 0.25) is 0 Å². The number of ether oxygens (including phenoxy) is 1. The molecule has 0 saturated heterocycles. The van der Waals surface area contributed by atoms with Gasteiger partial charge in [-0.1, -0.05) is 6.07 Å². The maximum Gasteiger partial charge on any atom is 0.330 e. The molecular formula is C14H16N2O4. The van der Waals surface area contributed by atoms with Crippen LogP contribution in [0.5, 0.6) is 0 Å². The van der Waals surface area contributed by atoms with Crippen LogP contribution in [0.25, 0.3) is 11.0 Å². The van der Waals surface area contributed by atoms with E-state index in [0.717, 1.165) is 11.1 Å². The molecule has 1 aromatic heterocycles. The van der Waals surface area contributed by atoms with Crippen LogP contribution in [0.4, 0.5) is 0 Å². The maximum atomic E-state index is 12.4. The number of rotatable bonds is 4. The van der Waals surface area contributed by atoms with Gasteiger partial charge < -0.3 is 9.53 Å². The monoisotopic (exact) mass is 276 g/mol. The van der Waals surface area contributed by atoms with Crippen molar-refractivity contribution in [1.82, 2.24) is 9.13 Å². The number of hydrogen-bond donors (Lipinski definition) is 0. The minimum atomic E-state index is -0.503. The van der Waals surface area contributed by atoms with E-state index >= 15 is 0 Å². The molecule has 0 aliphatic rings. The molecule has 0 radical (unpaired) electrons. The van der Waals surface area contributed by atoms with Crippen molar-refractivity contribution in [2.45, 2.75) is 26.9 Å². The van der Waals surface area contributed by atoms with Crippen LogP contribution in [-0.2, 0) is 27.4 Å². The first kappa shape index (κ1) is 14.0. The fourth-order valence-corrected chi connectivity index (χ4v) is 2.43. The number of imidazole rings is 1. The third-order valence-electron chi connectivity index (χ3n) is 3.22. The Balaban J connectivity index is 2.79. The van der Waals surface area contributed by atoms with E-state index in [2.05, 4.69) is 4.74 Å². The molecule has 0 bridgehead atoms. The van der Waals surface area contributed by atoms with Crippen LogP contribution in [0.2, 0.25) is 0 Å². The zero-order chi connectivity index (χ0) is 14.9. The van der Waals surface area contributed by atoms with Crippen molar-refractivity contribution in [3.05, 3.63) is 33.7 Å². The molecule has 20 heavy (non-hydrogen) atoms. The summed E-state index contributed by atoms with van der Waals surface area (Å²) < 4.78 is 7.33. The van der Waals surface area contributed by atoms with Crippen LogP contribution >= 0.6 is 0 Å². The molecule has 0 aliphatic heterocycles. The predicted molar refractivity (Wildman–Crippen MR) is 73.8 cm³/mol. The Morgan fingerprint density at radius 2 is 2.00 bits per heavy atom. The van der Waals surface area contributed by atoms with Gasteiger partial charge >= 0.3 is 11.7 Å². The van der Waals surface area contributed by atoms with Crippen LogP contribution in [0.15, 0.2) is 16.9 Å². The van der Waals surface area contributed by atoms with Crippen LogP contribution in [-0.4, -0.2) is 28.5 Å². The summed E-state index contributed by atoms with van der Waals surface area (Å²) in [5.74, 6) is -0.503. The Kier molecular flexibility index (Phi) is 3.74. The summed E-state index contributed by atoms with van der Waals surface area (Å²) in [6, 6.07) is 3.77. The second kappa shape index (κ2) is 5.32. The number of carbonyl (C=O) groups is 2. The zero-order valence-corrected chi connectivity index (χ0v) is 11.7. The fraction of sp³-hybridized carbons (Fsp3) is 0.357. The van der Waals surface area contributed by atoms with Crippen molar-refractivity contribution in [2.24, 2.45) is 0 Å². The van der Waals surface area contributed by atoms with E-state index in [-0.39, 0.29) is 18.8 Å². The van der Waals surface area contributed by atoms with E-state index in [1.54, 1.807) is 0 Å². The highest BCUT2D eigenvalue weighted by Gasteiger charge is 2.17. The summed E-state index contributed by atoms with van der Waals surface area (Å²) in [6.45, 7) is 3.58. The molecule has 2 rings (SSSR count). The second-order valence-electron chi connectivity index (χ2n) is 4.67. The summed E-state index contributed by atoms with van der Waals surface area (Å²) in [7, 11) is 1.27. The summed E-state index contributed by atoms with van der Waals surface area (Å²) in [5.41, 5.74) is 2.80. The lowest BCUT2D eigenvalue weighted by Crippen LogP contribution is -2.27. The highest BCUT2D eigenvalue weighted by atomic mass is 16.5. The Morgan fingerprint density at radius 1 is 1.30 bits per heavy atom. The minimum Gasteiger partial charge on any atom is -0.468 e.